The first-order chi connectivity index (χ1) is 16.7. The fraction of sp³-hybridized carbons (Fsp3) is 0.833. The van der Waals surface area contributed by atoms with Crippen molar-refractivity contribution in [2.75, 3.05) is 19.8 Å². The van der Waals surface area contributed by atoms with Crippen molar-refractivity contribution in [3.63, 3.8) is 0 Å². The molecule has 0 rings (SSSR count). The summed E-state index contributed by atoms with van der Waals surface area (Å²) in [6, 6.07) is -1.48. The van der Waals surface area contributed by atoms with Crippen molar-refractivity contribution in [1.29, 1.82) is 0 Å². The number of ether oxygens (including phenoxy) is 1. The molecule has 0 radical (unpaired) electrons. The van der Waals surface area contributed by atoms with E-state index in [-0.39, 0.29) is 6.42 Å². The predicted octanol–water partition coefficient (Wildman–Crippen LogP) is 4.47. The number of phosphoric acid groups is 1. The molecule has 11 heteroatoms. The van der Waals surface area contributed by atoms with Gasteiger partial charge in [-0.2, -0.15) is 0 Å². The fourth-order valence-electron chi connectivity index (χ4n) is 3.11. The van der Waals surface area contributed by atoms with Gasteiger partial charge in [0.05, 0.1) is 13.2 Å². The Morgan fingerprint density at radius 2 is 1.37 bits per heavy atom. The van der Waals surface area contributed by atoms with E-state index in [4.69, 9.17) is 15.6 Å². The van der Waals surface area contributed by atoms with Gasteiger partial charge in [-0.15, -0.1) is 0 Å². The fourth-order valence-corrected chi connectivity index (χ4v) is 3.90. The Morgan fingerprint density at radius 3 is 1.94 bits per heavy atom. The summed E-state index contributed by atoms with van der Waals surface area (Å²) in [5.41, 5.74) is 5.15. The molecule has 0 saturated carbocycles. The van der Waals surface area contributed by atoms with Gasteiger partial charge in [-0.1, -0.05) is 70.4 Å². The lowest BCUT2D eigenvalue weighted by atomic mass is 10.1. The second-order valence-corrected chi connectivity index (χ2v) is 10.1. The maximum atomic E-state index is 11.7. The number of carbonyl (C=O) groups is 2. The Labute approximate surface area is 209 Å². The quantitative estimate of drug-likeness (QED) is 0.0613. The zero-order chi connectivity index (χ0) is 26.4. The van der Waals surface area contributed by atoms with Crippen molar-refractivity contribution in [3.8, 4) is 0 Å². The van der Waals surface area contributed by atoms with Crippen LogP contribution in [-0.4, -0.2) is 59.0 Å². The first kappa shape index (κ1) is 33.7. The number of nitrogens with two attached hydrogens (primary N) is 1. The first-order valence-electron chi connectivity index (χ1n) is 12.8. The monoisotopic (exact) mass is 523 g/mol. The Kier molecular flexibility index (Phi) is 21.1. The highest BCUT2D eigenvalue weighted by Gasteiger charge is 2.26. The zero-order valence-electron chi connectivity index (χ0n) is 21.1. The Balaban J connectivity index is 3.62. The number of hydrogen-bond acceptors (Lipinski definition) is 8. The van der Waals surface area contributed by atoms with E-state index in [9.17, 15) is 24.2 Å². The summed E-state index contributed by atoms with van der Waals surface area (Å²) in [5.74, 6) is -1.86. The van der Waals surface area contributed by atoms with Crippen LogP contribution in [0, 0.1) is 0 Å². The molecule has 0 aromatic heterocycles. The number of carboxylic acids is 1. The van der Waals surface area contributed by atoms with Crippen LogP contribution in [-0.2, 0) is 27.9 Å². The number of phosphoric ester groups is 1. The number of aliphatic hydroxyl groups excluding tert-OH is 1. The molecule has 0 aliphatic carbocycles. The predicted molar refractivity (Wildman–Crippen MR) is 134 cm³/mol. The van der Waals surface area contributed by atoms with E-state index in [1.54, 1.807) is 0 Å². The summed E-state index contributed by atoms with van der Waals surface area (Å²) in [6.45, 7) is 0.482. The number of unbranched alkanes of at least 4 members (excludes halogenated alkanes) is 11. The van der Waals surface area contributed by atoms with E-state index < -0.39 is 51.7 Å². The van der Waals surface area contributed by atoms with Crippen LogP contribution in [0.2, 0.25) is 0 Å². The average molecular weight is 524 g/mol. The molecule has 3 unspecified atom stereocenters. The Bertz CT molecular complexity index is 630. The smallest absolute Gasteiger partial charge is 0.472 e. The number of aliphatic hydroxyl groups is 1. The number of carbonyl (C=O) groups excluding carboxylic acids is 1. The molecule has 0 aliphatic heterocycles. The van der Waals surface area contributed by atoms with Gasteiger partial charge in [-0.05, 0) is 32.1 Å². The van der Waals surface area contributed by atoms with Gasteiger partial charge < -0.3 is 25.6 Å². The minimum Gasteiger partial charge on any atom is -0.480 e. The molecule has 0 aliphatic rings. The molecule has 206 valence electrons. The van der Waals surface area contributed by atoms with Crippen LogP contribution in [0.25, 0.3) is 0 Å². The summed E-state index contributed by atoms with van der Waals surface area (Å²) in [7, 11) is -4.58. The molecule has 0 aromatic rings. The molecule has 0 amide bonds. The van der Waals surface area contributed by atoms with Crippen molar-refractivity contribution in [2.24, 2.45) is 5.73 Å². The molecular weight excluding hydrogens is 477 g/mol. The number of allylic oxidation sites excluding steroid dienone is 2. The van der Waals surface area contributed by atoms with Gasteiger partial charge in [0.15, 0.2) is 0 Å². The van der Waals surface area contributed by atoms with Gasteiger partial charge in [0, 0.05) is 6.42 Å². The highest BCUT2D eigenvalue weighted by molar-refractivity contribution is 7.47. The molecule has 0 saturated heterocycles. The third kappa shape index (κ3) is 22.9. The van der Waals surface area contributed by atoms with Crippen molar-refractivity contribution >= 4 is 19.8 Å². The molecule has 10 nitrogen and oxygen atoms in total. The van der Waals surface area contributed by atoms with E-state index in [0.29, 0.717) is 6.42 Å². The Morgan fingerprint density at radius 1 is 0.857 bits per heavy atom. The Hall–Kier alpha value is -1.29. The van der Waals surface area contributed by atoms with Gasteiger partial charge in [0.1, 0.15) is 18.8 Å². The number of aliphatic carboxylic acids is 1. The van der Waals surface area contributed by atoms with Crippen LogP contribution >= 0.6 is 7.82 Å². The van der Waals surface area contributed by atoms with E-state index in [1.807, 2.05) is 0 Å². The summed E-state index contributed by atoms with van der Waals surface area (Å²) in [5, 5.41) is 18.3. The number of carboxylic acid groups (broad SMARTS) is 1. The van der Waals surface area contributed by atoms with E-state index in [1.165, 1.54) is 44.9 Å². The van der Waals surface area contributed by atoms with Gasteiger partial charge in [0.2, 0.25) is 0 Å². The largest absolute Gasteiger partial charge is 0.480 e. The van der Waals surface area contributed by atoms with E-state index >= 15 is 0 Å². The second-order valence-electron chi connectivity index (χ2n) is 8.68. The van der Waals surface area contributed by atoms with Crippen molar-refractivity contribution in [2.45, 2.75) is 109 Å². The summed E-state index contributed by atoms with van der Waals surface area (Å²) >= 11 is 0. The molecular formula is C24H46NO9P. The highest BCUT2D eigenvalue weighted by Crippen LogP contribution is 2.43. The highest BCUT2D eigenvalue weighted by atomic mass is 31.2. The lowest BCUT2D eigenvalue weighted by Gasteiger charge is -2.16. The second kappa shape index (κ2) is 21.9. The van der Waals surface area contributed by atoms with Crippen molar-refractivity contribution in [1.82, 2.24) is 0 Å². The lowest BCUT2D eigenvalue weighted by Crippen LogP contribution is -2.34. The lowest BCUT2D eigenvalue weighted by molar-refractivity contribution is -0.147. The third-order valence-corrected chi connectivity index (χ3v) is 6.19. The van der Waals surface area contributed by atoms with Gasteiger partial charge in [-0.3, -0.25) is 18.6 Å². The topological polar surface area (TPSA) is 166 Å². The standard InChI is InChI=1S/C24H46NO9P/c1-2-3-4-5-6-7-8-9-10-11-12-13-14-15-16-17-23(27)32-18-21(26)19-33-35(30,31)34-20-22(25)24(28)29/h9-10,21-22,26H,2-8,11-20,25H2,1H3,(H,28,29)(H,30,31)/b10-9-. The van der Waals surface area contributed by atoms with Crippen LogP contribution in [0.15, 0.2) is 12.2 Å². The maximum absolute atomic E-state index is 11.7. The molecule has 0 fully saturated rings. The van der Waals surface area contributed by atoms with Crippen LogP contribution < -0.4 is 5.73 Å². The third-order valence-electron chi connectivity index (χ3n) is 5.24. The molecule has 0 bridgehead atoms. The number of esters is 1. The SMILES string of the molecule is CCCCCCCC/C=C\CCCCCCCC(=O)OCC(O)COP(=O)(O)OCC(N)C(=O)O. The van der Waals surface area contributed by atoms with Gasteiger partial charge in [-0.25, -0.2) is 4.57 Å². The van der Waals surface area contributed by atoms with Gasteiger partial charge in [0.25, 0.3) is 0 Å². The van der Waals surface area contributed by atoms with Crippen LogP contribution in [0.3, 0.4) is 0 Å². The first-order valence-corrected chi connectivity index (χ1v) is 14.3. The van der Waals surface area contributed by atoms with Crippen LogP contribution in [0.1, 0.15) is 96.8 Å². The molecule has 35 heavy (non-hydrogen) atoms. The average Bonchev–Trinajstić information content (AvgIpc) is 2.82. The molecule has 3 atom stereocenters. The molecule has 5 N–H and O–H groups in total. The molecule has 0 aromatic carbocycles. The van der Waals surface area contributed by atoms with Gasteiger partial charge >= 0.3 is 19.8 Å². The summed E-state index contributed by atoms with van der Waals surface area (Å²) in [6.07, 6.45) is 18.6. The zero-order valence-corrected chi connectivity index (χ0v) is 22.0. The van der Waals surface area contributed by atoms with E-state index in [0.717, 1.165) is 32.1 Å². The van der Waals surface area contributed by atoms with E-state index in [2.05, 4.69) is 28.1 Å². The summed E-state index contributed by atoms with van der Waals surface area (Å²) in [4.78, 5) is 31.7. The molecule has 0 heterocycles. The summed E-state index contributed by atoms with van der Waals surface area (Å²) < 4.78 is 25.5. The van der Waals surface area contributed by atoms with Crippen LogP contribution in [0.4, 0.5) is 0 Å². The minimum absolute atomic E-state index is 0.237. The number of rotatable bonds is 24. The normalized spacial score (nSPS) is 15.1. The maximum Gasteiger partial charge on any atom is 0.472 e. The molecule has 0 spiro atoms. The van der Waals surface area contributed by atoms with Crippen molar-refractivity contribution < 1.29 is 43.0 Å². The van der Waals surface area contributed by atoms with Crippen molar-refractivity contribution in [3.05, 3.63) is 12.2 Å². The number of hydrogen-bond donors (Lipinski definition) is 4. The van der Waals surface area contributed by atoms with Crippen LogP contribution in [0.5, 0.6) is 0 Å². The minimum atomic E-state index is -4.58.